The van der Waals surface area contributed by atoms with Crippen LogP contribution >= 0.6 is 0 Å². The zero-order valence-corrected chi connectivity index (χ0v) is 17.2. The Hall–Kier alpha value is -4.20. The van der Waals surface area contributed by atoms with Crippen LogP contribution in [0.3, 0.4) is 0 Å². The molecule has 3 heterocycles. The van der Waals surface area contributed by atoms with E-state index in [0.717, 1.165) is 12.4 Å². The van der Waals surface area contributed by atoms with Crippen LogP contribution in [0.4, 0.5) is 11.8 Å². The van der Waals surface area contributed by atoms with E-state index in [-0.39, 0.29) is 11.9 Å². The largest absolute Gasteiger partial charge is 0.355 e. The molecule has 8 heteroatoms. The Morgan fingerprint density at radius 3 is 2.45 bits per heavy atom. The first-order valence-corrected chi connectivity index (χ1v) is 9.75. The third-order valence-electron chi connectivity index (χ3n) is 4.53. The molecule has 3 aromatic heterocycles. The van der Waals surface area contributed by atoms with E-state index in [1.807, 2.05) is 48.3 Å². The lowest BCUT2D eigenvalue weighted by Gasteiger charge is -2.18. The number of anilines is 2. The molecule has 0 aliphatic carbocycles. The first-order chi connectivity index (χ1) is 15.1. The molecule has 1 amide bonds. The van der Waals surface area contributed by atoms with Gasteiger partial charge in [-0.2, -0.15) is 9.97 Å². The number of benzene rings is 1. The Labute approximate surface area is 180 Å². The fourth-order valence-corrected chi connectivity index (χ4v) is 3.01. The number of nitrogens with zero attached hydrogens (tertiary/aromatic N) is 6. The number of carbonyl (C=O) groups is 1. The van der Waals surface area contributed by atoms with E-state index in [0.29, 0.717) is 22.9 Å². The molecule has 1 aromatic carbocycles. The molecule has 0 aliphatic heterocycles. The van der Waals surface area contributed by atoms with Crippen LogP contribution in [-0.2, 0) is 6.54 Å². The molecule has 8 nitrogen and oxygen atoms in total. The van der Waals surface area contributed by atoms with Crippen LogP contribution in [0.15, 0.2) is 73.1 Å². The predicted molar refractivity (Wildman–Crippen MR) is 119 cm³/mol. The van der Waals surface area contributed by atoms with E-state index in [1.54, 1.807) is 31.5 Å². The highest BCUT2D eigenvalue weighted by Crippen LogP contribution is 2.16. The number of aromatic nitrogens is 5. The van der Waals surface area contributed by atoms with Crippen molar-refractivity contribution in [1.29, 1.82) is 0 Å². The summed E-state index contributed by atoms with van der Waals surface area (Å²) in [5.41, 5.74) is 2.20. The van der Waals surface area contributed by atoms with Gasteiger partial charge in [-0.25, -0.2) is 9.97 Å². The minimum Gasteiger partial charge on any atom is -0.355 e. The van der Waals surface area contributed by atoms with Crippen LogP contribution in [0.5, 0.6) is 0 Å². The molecule has 0 atom stereocenters. The fraction of sp³-hybridized carbons (Fsp3) is 0.130. The minimum atomic E-state index is -0.345. The number of rotatable bonds is 6. The second kappa shape index (κ2) is 9.08. The van der Waals surface area contributed by atoms with Gasteiger partial charge in [0, 0.05) is 26.0 Å². The van der Waals surface area contributed by atoms with Crippen molar-refractivity contribution in [2.24, 2.45) is 0 Å². The van der Waals surface area contributed by atoms with Crippen molar-refractivity contribution in [3.63, 3.8) is 0 Å². The molecule has 4 aromatic rings. The van der Waals surface area contributed by atoms with E-state index in [2.05, 4.69) is 42.4 Å². The van der Waals surface area contributed by atoms with Crippen molar-refractivity contribution in [3.05, 3.63) is 90.0 Å². The first kappa shape index (κ1) is 20.1. The summed E-state index contributed by atoms with van der Waals surface area (Å²) in [6.45, 7) is 2.46. The third-order valence-corrected chi connectivity index (χ3v) is 4.53. The second-order valence-electron chi connectivity index (χ2n) is 6.95. The molecule has 0 saturated heterocycles. The molecule has 0 spiro atoms. The van der Waals surface area contributed by atoms with Crippen molar-refractivity contribution >= 4 is 17.7 Å². The van der Waals surface area contributed by atoms with Gasteiger partial charge in [-0.05, 0) is 36.8 Å². The van der Waals surface area contributed by atoms with E-state index < -0.39 is 0 Å². The maximum absolute atomic E-state index is 12.7. The number of hydrogen-bond donors (Lipinski definition) is 1. The Kier molecular flexibility index (Phi) is 5.89. The first-order valence-electron chi connectivity index (χ1n) is 9.75. The Morgan fingerprint density at radius 2 is 1.74 bits per heavy atom. The molecule has 31 heavy (non-hydrogen) atoms. The molecule has 4 rings (SSSR count). The highest BCUT2D eigenvalue weighted by molar-refractivity contribution is 6.03. The van der Waals surface area contributed by atoms with Gasteiger partial charge in [-0.15, -0.1) is 0 Å². The lowest BCUT2D eigenvalue weighted by atomic mass is 10.2. The normalized spacial score (nSPS) is 10.5. The highest BCUT2D eigenvalue weighted by Gasteiger charge is 2.13. The highest BCUT2D eigenvalue weighted by atomic mass is 16.1. The predicted octanol–water partition coefficient (Wildman–Crippen LogP) is 3.53. The lowest BCUT2D eigenvalue weighted by molar-refractivity contribution is 0.102. The molecule has 1 N–H and O–H groups in total. The smallest absolute Gasteiger partial charge is 0.259 e. The van der Waals surface area contributed by atoms with Gasteiger partial charge in [0.1, 0.15) is 17.3 Å². The van der Waals surface area contributed by atoms with Gasteiger partial charge >= 0.3 is 0 Å². The van der Waals surface area contributed by atoms with Crippen LogP contribution in [0.1, 0.15) is 21.7 Å². The van der Waals surface area contributed by atoms with Crippen molar-refractivity contribution in [2.75, 3.05) is 17.3 Å². The van der Waals surface area contributed by atoms with E-state index in [4.69, 9.17) is 0 Å². The van der Waals surface area contributed by atoms with Gasteiger partial charge in [-0.3, -0.25) is 15.1 Å². The minimum absolute atomic E-state index is 0.170. The van der Waals surface area contributed by atoms with Crippen LogP contribution in [0, 0.1) is 6.92 Å². The van der Waals surface area contributed by atoms with Crippen molar-refractivity contribution in [2.45, 2.75) is 13.5 Å². The average molecular weight is 411 g/mol. The van der Waals surface area contributed by atoms with Gasteiger partial charge < -0.3 is 4.90 Å². The summed E-state index contributed by atoms with van der Waals surface area (Å²) in [5.74, 6) is 1.49. The number of aryl methyl sites for hydroxylation is 1. The maximum atomic E-state index is 12.7. The number of hydrogen-bond acceptors (Lipinski definition) is 7. The summed E-state index contributed by atoms with van der Waals surface area (Å²) in [7, 11) is 1.96. The SMILES string of the molecule is Cc1nc(NC(=O)c2ccc(N(C)Cc3ccccc3)nc2)nc(-c2ccccn2)n1. The van der Waals surface area contributed by atoms with Gasteiger partial charge in [0.15, 0.2) is 5.82 Å². The van der Waals surface area contributed by atoms with Crippen LogP contribution in [-0.4, -0.2) is 37.9 Å². The van der Waals surface area contributed by atoms with Crippen LogP contribution < -0.4 is 10.2 Å². The standard InChI is InChI=1S/C23H21N7O/c1-16-26-21(19-10-6-7-13-24-19)28-23(27-16)29-22(31)18-11-12-20(25-14-18)30(2)15-17-8-4-3-5-9-17/h3-14H,15H2,1-2H3,(H,26,27,28,29,31). The summed E-state index contributed by atoms with van der Waals surface area (Å²) < 4.78 is 0. The number of amides is 1. The molecule has 0 fully saturated rings. The Balaban J connectivity index is 1.46. The molecular formula is C23H21N7O. The second-order valence-corrected chi connectivity index (χ2v) is 6.95. The summed E-state index contributed by atoms with van der Waals surface area (Å²) in [6, 6.07) is 19.1. The monoisotopic (exact) mass is 411 g/mol. The van der Waals surface area contributed by atoms with E-state index in [9.17, 15) is 4.79 Å². The van der Waals surface area contributed by atoms with E-state index >= 15 is 0 Å². The number of pyridine rings is 2. The van der Waals surface area contributed by atoms with Crippen molar-refractivity contribution in [3.8, 4) is 11.5 Å². The quantitative estimate of drug-likeness (QED) is 0.518. The topological polar surface area (TPSA) is 96.8 Å². The summed E-state index contributed by atoms with van der Waals surface area (Å²) in [6.07, 6.45) is 3.20. The number of nitrogens with one attached hydrogen (secondary N) is 1. The molecular weight excluding hydrogens is 390 g/mol. The summed E-state index contributed by atoms with van der Waals surface area (Å²) >= 11 is 0. The zero-order valence-electron chi connectivity index (χ0n) is 17.2. The maximum Gasteiger partial charge on any atom is 0.259 e. The molecule has 0 saturated carbocycles. The van der Waals surface area contributed by atoms with Gasteiger partial charge in [0.2, 0.25) is 5.95 Å². The Morgan fingerprint density at radius 1 is 0.935 bits per heavy atom. The lowest BCUT2D eigenvalue weighted by Crippen LogP contribution is -2.19. The summed E-state index contributed by atoms with van der Waals surface area (Å²) in [4.78, 5) is 36.2. The molecule has 154 valence electrons. The van der Waals surface area contributed by atoms with E-state index in [1.165, 1.54) is 5.56 Å². The van der Waals surface area contributed by atoms with Crippen molar-refractivity contribution < 1.29 is 4.79 Å². The Bertz CT molecular complexity index is 1170. The van der Waals surface area contributed by atoms with Gasteiger partial charge in [0.25, 0.3) is 5.91 Å². The summed E-state index contributed by atoms with van der Waals surface area (Å²) in [5, 5.41) is 2.72. The number of carbonyl (C=O) groups excluding carboxylic acids is 1. The van der Waals surface area contributed by atoms with Gasteiger partial charge in [-0.1, -0.05) is 36.4 Å². The molecule has 0 radical (unpaired) electrons. The third kappa shape index (κ3) is 5.05. The van der Waals surface area contributed by atoms with Gasteiger partial charge in [0.05, 0.1) is 5.56 Å². The molecule has 0 aliphatic rings. The fourth-order valence-electron chi connectivity index (χ4n) is 3.01. The zero-order chi connectivity index (χ0) is 21.6. The molecule has 0 bridgehead atoms. The molecule has 0 unspecified atom stereocenters. The van der Waals surface area contributed by atoms with Crippen LogP contribution in [0.25, 0.3) is 11.5 Å². The van der Waals surface area contributed by atoms with Crippen LogP contribution in [0.2, 0.25) is 0 Å². The van der Waals surface area contributed by atoms with Crippen molar-refractivity contribution in [1.82, 2.24) is 24.9 Å². The average Bonchev–Trinajstić information content (AvgIpc) is 2.80.